The van der Waals surface area contributed by atoms with Crippen molar-refractivity contribution in [3.05, 3.63) is 29.8 Å². The van der Waals surface area contributed by atoms with Crippen molar-refractivity contribution in [3.8, 4) is 0 Å². The van der Waals surface area contributed by atoms with Crippen LogP contribution in [0.25, 0.3) is 0 Å². The number of ether oxygens (including phenoxy) is 1. The molecule has 1 atom stereocenters. The van der Waals surface area contributed by atoms with Crippen LogP contribution < -0.4 is 5.32 Å². The first-order chi connectivity index (χ1) is 11.0. The maximum atomic E-state index is 12.0. The molecule has 0 spiro atoms. The predicted octanol–water partition coefficient (Wildman–Crippen LogP) is 2.21. The van der Waals surface area contributed by atoms with E-state index >= 15 is 0 Å². The van der Waals surface area contributed by atoms with Crippen LogP contribution in [0.5, 0.6) is 0 Å². The fourth-order valence-electron chi connectivity index (χ4n) is 2.72. The van der Waals surface area contributed by atoms with E-state index in [1.165, 1.54) is 12.1 Å². The first-order valence-corrected chi connectivity index (χ1v) is 7.98. The Kier molecular flexibility index (Phi) is 6.55. The molecule has 2 rings (SSSR count). The molecule has 1 aromatic rings. The van der Waals surface area contributed by atoms with E-state index in [-0.39, 0.29) is 18.0 Å². The van der Waals surface area contributed by atoms with Crippen molar-refractivity contribution >= 4 is 17.6 Å². The topological polar surface area (TPSA) is 78.9 Å². The molecule has 1 heterocycles. The summed E-state index contributed by atoms with van der Waals surface area (Å²) in [6, 6.07) is 6.25. The SMILES string of the molecule is CN(CCC[C@H]1CCCO1)CC(=O)Nc1cccc(C(=O)O)c1. The minimum absolute atomic E-state index is 0.146. The van der Waals surface area contributed by atoms with Crippen LogP contribution in [-0.2, 0) is 9.53 Å². The van der Waals surface area contributed by atoms with Gasteiger partial charge in [-0.2, -0.15) is 0 Å². The molecule has 2 N–H and O–H groups in total. The van der Waals surface area contributed by atoms with Crippen molar-refractivity contribution in [2.75, 3.05) is 32.1 Å². The van der Waals surface area contributed by atoms with E-state index in [2.05, 4.69) is 5.32 Å². The summed E-state index contributed by atoms with van der Waals surface area (Å²) in [5.74, 6) is -1.15. The Balaban J connectivity index is 1.70. The van der Waals surface area contributed by atoms with E-state index in [0.717, 1.165) is 38.8 Å². The summed E-state index contributed by atoms with van der Waals surface area (Å²) in [6.45, 7) is 1.99. The lowest BCUT2D eigenvalue weighted by Gasteiger charge is -2.17. The fraction of sp³-hybridized carbons (Fsp3) is 0.529. The molecular weight excluding hydrogens is 296 g/mol. The number of carboxylic acid groups (broad SMARTS) is 1. The zero-order chi connectivity index (χ0) is 16.7. The van der Waals surface area contributed by atoms with E-state index in [1.807, 2.05) is 11.9 Å². The molecule has 6 nitrogen and oxygen atoms in total. The quantitative estimate of drug-likeness (QED) is 0.768. The fourth-order valence-corrected chi connectivity index (χ4v) is 2.72. The zero-order valence-electron chi connectivity index (χ0n) is 13.5. The van der Waals surface area contributed by atoms with Crippen molar-refractivity contribution < 1.29 is 19.4 Å². The Morgan fingerprint density at radius 1 is 1.43 bits per heavy atom. The highest BCUT2D eigenvalue weighted by atomic mass is 16.5. The molecular formula is C17H24N2O4. The van der Waals surface area contributed by atoms with Crippen LogP contribution in [0.4, 0.5) is 5.69 Å². The van der Waals surface area contributed by atoms with Crippen LogP contribution >= 0.6 is 0 Å². The number of nitrogens with zero attached hydrogens (tertiary/aromatic N) is 1. The molecule has 0 unspecified atom stereocenters. The monoisotopic (exact) mass is 320 g/mol. The summed E-state index contributed by atoms with van der Waals surface area (Å²) in [6.07, 6.45) is 4.72. The number of rotatable bonds is 8. The van der Waals surface area contributed by atoms with Crippen LogP contribution in [0, 0.1) is 0 Å². The number of amides is 1. The molecule has 0 radical (unpaired) electrons. The summed E-state index contributed by atoms with van der Waals surface area (Å²) in [7, 11) is 1.91. The average molecular weight is 320 g/mol. The number of likely N-dealkylation sites (N-methyl/N-ethyl adjacent to an activating group) is 1. The zero-order valence-corrected chi connectivity index (χ0v) is 13.5. The predicted molar refractivity (Wildman–Crippen MR) is 87.7 cm³/mol. The summed E-state index contributed by atoms with van der Waals surface area (Å²) >= 11 is 0. The smallest absolute Gasteiger partial charge is 0.335 e. The van der Waals surface area contributed by atoms with Crippen LogP contribution in [0.15, 0.2) is 24.3 Å². The van der Waals surface area contributed by atoms with Gasteiger partial charge in [0.1, 0.15) is 0 Å². The van der Waals surface area contributed by atoms with E-state index < -0.39 is 5.97 Å². The number of carbonyl (C=O) groups excluding carboxylic acids is 1. The number of benzene rings is 1. The van der Waals surface area contributed by atoms with Crippen LogP contribution in [0.2, 0.25) is 0 Å². The Labute approximate surface area is 136 Å². The molecule has 1 aliphatic heterocycles. The number of hydrogen-bond donors (Lipinski definition) is 2. The summed E-state index contributed by atoms with van der Waals surface area (Å²) in [5, 5.41) is 11.7. The van der Waals surface area contributed by atoms with Gasteiger partial charge in [0.2, 0.25) is 5.91 Å². The van der Waals surface area contributed by atoms with Crippen LogP contribution in [-0.4, -0.2) is 54.7 Å². The minimum atomic E-state index is -1.01. The standard InChI is InChI=1S/C17H24N2O4/c1-19(9-3-7-15-8-4-10-23-15)12-16(20)18-14-6-2-5-13(11-14)17(21)22/h2,5-6,11,15H,3-4,7-10,12H2,1H3,(H,18,20)(H,21,22)/t15-/m0/s1. The molecule has 0 bridgehead atoms. The molecule has 1 aliphatic rings. The second-order valence-corrected chi connectivity index (χ2v) is 5.95. The lowest BCUT2D eigenvalue weighted by molar-refractivity contribution is -0.117. The van der Waals surface area contributed by atoms with Crippen molar-refractivity contribution in [2.24, 2.45) is 0 Å². The van der Waals surface area contributed by atoms with Crippen molar-refractivity contribution in [3.63, 3.8) is 0 Å². The molecule has 0 saturated carbocycles. The number of nitrogens with one attached hydrogen (secondary N) is 1. The van der Waals surface area contributed by atoms with E-state index in [0.29, 0.717) is 11.8 Å². The molecule has 126 valence electrons. The Hall–Kier alpha value is -1.92. The summed E-state index contributed by atoms with van der Waals surface area (Å²) < 4.78 is 5.58. The molecule has 0 aromatic heterocycles. The third-order valence-corrected chi connectivity index (χ3v) is 3.90. The van der Waals surface area contributed by atoms with Gasteiger partial charge in [-0.1, -0.05) is 6.07 Å². The van der Waals surface area contributed by atoms with Gasteiger partial charge >= 0.3 is 5.97 Å². The maximum Gasteiger partial charge on any atom is 0.335 e. The van der Waals surface area contributed by atoms with Gasteiger partial charge in [0, 0.05) is 12.3 Å². The number of anilines is 1. The van der Waals surface area contributed by atoms with Gasteiger partial charge in [0.25, 0.3) is 0 Å². The Morgan fingerprint density at radius 2 is 2.26 bits per heavy atom. The van der Waals surface area contributed by atoms with Crippen molar-refractivity contribution in [1.82, 2.24) is 4.90 Å². The lowest BCUT2D eigenvalue weighted by atomic mass is 10.1. The number of aromatic carboxylic acids is 1. The lowest BCUT2D eigenvalue weighted by Crippen LogP contribution is -2.31. The highest BCUT2D eigenvalue weighted by Gasteiger charge is 2.15. The summed E-state index contributed by atoms with van der Waals surface area (Å²) in [4.78, 5) is 24.9. The van der Waals surface area contributed by atoms with Gasteiger partial charge in [-0.3, -0.25) is 9.69 Å². The Bertz CT molecular complexity index is 541. The van der Waals surface area contributed by atoms with Gasteiger partial charge in [-0.15, -0.1) is 0 Å². The normalized spacial score (nSPS) is 17.4. The van der Waals surface area contributed by atoms with Gasteiger partial charge in [-0.05, 0) is 57.5 Å². The van der Waals surface area contributed by atoms with Gasteiger partial charge in [-0.25, -0.2) is 4.79 Å². The molecule has 0 aliphatic carbocycles. The third kappa shape index (κ3) is 6.00. The largest absolute Gasteiger partial charge is 0.478 e. The molecule has 1 aromatic carbocycles. The number of carbonyl (C=O) groups is 2. The van der Waals surface area contributed by atoms with Crippen molar-refractivity contribution in [2.45, 2.75) is 31.8 Å². The highest BCUT2D eigenvalue weighted by molar-refractivity contribution is 5.94. The molecule has 1 amide bonds. The van der Waals surface area contributed by atoms with Crippen LogP contribution in [0.3, 0.4) is 0 Å². The highest BCUT2D eigenvalue weighted by Crippen LogP contribution is 2.16. The molecule has 1 saturated heterocycles. The first-order valence-electron chi connectivity index (χ1n) is 7.98. The van der Waals surface area contributed by atoms with E-state index in [4.69, 9.17) is 9.84 Å². The van der Waals surface area contributed by atoms with Crippen LogP contribution in [0.1, 0.15) is 36.0 Å². The third-order valence-electron chi connectivity index (χ3n) is 3.90. The molecule has 23 heavy (non-hydrogen) atoms. The van der Waals surface area contributed by atoms with E-state index in [9.17, 15) is 9.59 Å². The van der Waals surface area contributed by atoms with Gasteiger partial charge < -0.3 is 15.2 Å². The maximum absolute atomic E-state index is 12.0. The first kappa shape index (κ1) is 17.4. The van der Waals surface area contributed by atoms with Crippen molar-refractivity contribution in [1.29, 1.82) is 0 Å². The second kappa shape index (κ2) is 8.64. The Morgan fingerprint density at radius 3 is 2.96 bits per heavy atom. The molecule has 6 heteroatoms. The average Bonchev–Trinajstić information content (AvgIpc) is 3.00. The van der Waals surface area contributed by atoms with E-state index in [1.54, 1.807) is 12.1 Å². The number of hydrogen-bond acceptors (Lipinski definition) is 4. The minimum Gasteiger partial charge on any atom is -0.478 e. The molecule has 1 fully saturated rings. The second-order valence-electron chi connectivity index (χ2n) is 5.95. The summed E-state index contributed by atoms with van der Waals surface area (Å²) in [5.41, 5.74) is 0.662. The van der Waals surface area contributed by atoms with Gasteiger partial charge in [0.05, 0.1) is 18.2 Å². The van der Waals surface area contributed by atoms with Gasteiger partial charge in [0.15, 0.2) is 0 Å². The number of carboxylic acids is 1.